The fourth-order valence-corrected chi connectivity index (χ4v) is 2.39. The number of amides is 1. The second-order valence-electron chi connectivity index (χ2n) is 5.38. The van der Waals surface area contributed by atoms with E-state index >= 15 is 0 Å². The van der Waals surface area contributed by atoms with Gasteiger partial charge in [-0.05, 0) is 48.2 Å². The number of carbonyl (C=O) groups is 1. The monoisotopic (exact) mass is 294 g/mol. The smallest absolute Gasteiger partial charge is 0.267 e. The summed E-state index contributed by atoms with van der Waals surface area (Å²) in [6, 6.07) is 13.3. The van der Waals surface area contributed by atoms with Crippen LogP contribution in [0.5, 0.6) is 0 Å². The highest BCUT2D eigenvalue weighted by atomic mass is 16.2. The molecule has 0 heterocycles. The third-order valence-corrected chi connectivity index (χ3v) is 3.63. The molecule has 0 saturated carbocycles. The second kappa shape index (κ2) is 7.05. The Kier molecular flexibility index (Phi) is 5.12. The van der Waals surface area contributed by atoms with Crippen molar-refractivity contribution in [1.82, 2.24) is 0 Å². The summed E-state index contributed by atoms with van der Waals surface area (Å²) in [5, 5.41) is 1.25. The fourth-order valence-electron chi connectivity index (χ4n) is 2.39. The minimum absolute atomic E-state index is 0.210. The van der Waals surface area contributed by atoms with Crippen LogP contribution in [0.15, 0.2) is 49.0 Å². The lowest BCUT2D eigenvalue weighted by molar-refractivity contribution is 0.0986. The summed E-state index contributed by atoms with van der Waals surface area (Å²) < 4.78 is 0. The van der Waals surface area contributed by atoms with Crippen LogP contribution in [-0.2, 0) is 6.42 Å². The first-order valence-corrected chi connectivity index (χ1v) is 7.48. The van der Waals surface area contributed by atoms with Crippen molar-refractivity contribution in [2.24, 2.45) is 5.84 Å². The third kappa shape index (κ3) is 3.43. The molecule has 2 aromatic rings. The number of aryl methyl sites for hydroxylation is 2. The van der Waals surface area contributed by atoms with Crippen LogP contribution < -0.4 is 10.9 Å². The molecule has 0 aliphatic heterocycles. The molecule has 3 heteroatoms. The van der Waals surface area contributed by atoms with E-state index in [1.54, 1.807) is 18.2 Å². The molecule has 22 heavy (non-hydrogen) atoms. The van der Waals surface area contributed by atoms with Crippen molar-refractivity contribution < 1.29 is 4.79 Å². The lowest BCUT2D eigenvalue weighted by Gasteiger charge is -2.21. The Hall–Kier alpha value is -2.39. The van der Waals surface area contributed by atoms with E-state index in [1.807, 2.05) is 37.3 Å². The Morgan fingerprint density at radius 2 is 1.91 bits per heavy atom. The molecule has 0 fully saturated rings. The molecular weight excluding hydrogens is 272 g/mol. The molecule has 3 nitrogen and oxygen atoms in total. The average molecular weight is 294 g/mol. The first-order chi connectivity index (χ1) is 10.6. The third-order valence-electron chi connectivity index (χ3n) is 3.63. The largest absolute Gasteiger partial charge is 0.272 e. The van der Waals surface area contributed by atoms with E-state index < -0.39 is 0 Å². The van der Waals surface area contributed by atoms with E-state index in [0.29, 0.717) is 5.56 Å². The SMILES string of the molecule is C=Cc1ccc(C(=O)N(N)c2cc(C)ccc2CCC)cc1. The molecule has 0 aliphatic rings. The molecule has 1 amide bonds. The van der Waals surface area contributed by atoms with Gasteiger partial charge in [0.1, 0.15) is 0 Å². The van der Waals surface area contributed by atoms with Gasteiger partial charge in [-0.15, -0.1) is 0 Å². The number of anilines is 1. The molecule has 0 saturated heterocycles. The second-order valence-corrected chi connectivity index (χ2v) is 5.38. The van der Waals surface area contributed by atoms with Crippen molar-refractivity contribution in [1.29, 1.82) is 0 Å². The molecule has 0 unspecified atom stereocenters. The number of hydrazine groups is 1. The summed E-state index contributed by atoms with van der Waals surface area (Å²) >= 11 is 0. The minimum Gasteiger partial charge on any atom is -0.267 e. The number of nitrogens with zero attached hydrogens (tertiary/aromatic N) is 1. The van der Waals surface area contributed by atoms with Gasteiger partial charge in [-0.25, -0.2) is 10.9 Å². The number of hydrogen-bond donors (Lipinski definition) is 1. The first kappa shape index (κ1) is 16.0. The Bertz CT molecular complexity index is 674. The molecule has 0 atom stereocenters. The molecule has 2 aromatic carbocycles. The van der Waals surface area contributed by atoms with Crippen LogP contribution >= 0.6 is 0 Å². The highest BCUT2D eigenvalue weighted by molar-refractivity contribution is 6.05. The van der Waals surface area contributed by atoms with Crippen molar-refractivity contribution in [3.8, 4) is 0 Å². The predicted molar refractivity (Wildman–Crippen MR) is 92.7 cm³/mol. The number of hydrogen-bond acceptors (Lipinski definition) is 2. The van der Waals surface area contributed by atoms with Gasteiger partial charge in [0.05, 0.1) is 5.69 Å². The van der Waals surface area contributed by atoms with Gasteiger partial charge in [-0.3, -0.25) is 4.79 Å². The summed E-state index contributed by atoms with van der Waals surface area (Å²) in [5.74, 6) is 5.90. The van der Waals surface area contributed by atoms with Crippen molar-refractivity contribution in [2.75, 3.05) is 5.01 Å². The van der Waals surface area contributed by atoms with Gasteiger partial charge in [0.25, 0.3) is 5.91 Å². The summed E-state index contributed by atoms with van der Waals surface area (Å²) in [7, 11) is 0. The lowest BCUT2D eigenvalue weighted by Crippen LogP contribution is -2.38. The number of carbonyl (C=O) groups excluding carboxylic acids is 1. The first-order valence-electron chi connectivity index (χ1n) is 7.48. The highest BCUT2D eigenvalue weighted by Gasteiger charge is 2.17. The summed E-state index contributed by atoms with van der Waals surface area (Å²) in [6.45, 7) is 7.82. The predicted octanol–water partition coefficient (Wildman–Crippen LogP) is 4.11. The molecule has 0 aliphatic carbocycles. The van der Waals surface area contributed by atoms with Gasteiger partial charge in [-0.2, -0.15) is 0 Å². The van der Waals surface area contributed by atoms with Crippen molar-refractivity contribution in [3.63, 3.8) is 0 Å². The maximum atomic E-state index is 12.6. The zero-order valence-corrected chi connectivity index (χ0v) is 13.2. The van der Waals surface area contributed by atoms with Crippen molar-refractivity contribution >= 4 is 17.7 Å². The quantitative estimate of drug-likeness (QED) is 0.512. The van der Waals surface area contributed by atoms with Crippen LogP contribution in [0.25, 0.3) is 6.08 Å². The Morgan fingerprint density at radius 1 is 1.23 bits per heavy atom. The van der Waals surface area contributed by atoms with Gasteiger partial charge in [-0.1, -0.05) is 50.3 Å². The normalized spacial score (nSPS) is 10.3. The van der Waals surface area contributed by atoms with E-state index in [-0.39, 0.29) is 5.91 Å². The Labute approximate surface area is 132 Å². The standard InChI is InChI=1S/C19H22N2O/c1-4-6-16-10-7-14(3)13-18(16)21(20)19(22)17-11-8-15(5-2)9-12-17/h5,7-13H,2,4,6,20H2,1,3H3. The average Bonchev–Trinajstić information content (AvgIpc) is 2.55. The fraction of sp³-hybridized carbons (Fsp3) is 0.211. The topological polar surface area (TPSA) is 46.3 Å². The van der Waals surface area contributed by atoms with Gasteiger partial charge < -0.3 is 0 Å². The number of rotatable bonds is 5. The van der Waals surface area contributed by atoms with Crippen molar-refractivity contribution in [3.05, 3.63) is 71.3 Å². The molecule has 0 bridgehead atoms. The van der Waals surface area contributed by atoms with E-state index in [0.717, 1.165) is 35.2 Å². The molecule has 2 rings (SSSR count). The van der Waals surface area contributed by atoms with Crippen LogP contribution in [0, 0.1) is 6.92 Å². The van der Waals surface area contributed by atoms with E-state index in [9.17, 15) is 4.79 Å². The van der Waals surface area contributed by atoms with Crippen LogP contribution in [-0.4, -0.2) is 5.91 Å². The summed E-state index contributed by atoms with van der Waals surface area (Å²) in [6.07, 6.45) is 3.65. The lowest BCUT2D eigenvalue weighted by atomic mass is 10.0. The van der Waals surface area contributed by atoms with E-state index in [1.165, 1.54) is 5.01 Å². The Morgan fingerprint density at radius 3 is 2.50 bits per heavy atom. The zero-order chi connectivity index (χ0) is 16.1. The molecule has 2 N–H and O–H groups in total. The molecule has 0 spiro atoms. The summed E-state index contributed by atoms with van der Waals surface area (Å²) in [4.78, 5) is 12.6. The van der Waals surface area contributed by atoms with E-state index in [2.05, 4.69) is 13.5 Å². The van der Waals surface area contributed by atoms with E-state index in [4.69, 9.17) is 5.84 Å². The van der Waals surface area contributed by atoms with Gasteiger partial charge in [0.15, 0.2) is 0 Å². The maximum Gasteiger partial charge on any atom is 0.272 e. The maximum absolute atomic E-state index is 12.6. The highest BCUT2D eigenvalue weighted by Crippen LogP contribution is 2.23. The van der Waals surface area contributed by atoms with Crippen molar-refractivity contribution in [2.45, 2.75) is 26.7 Å². The number of nitrogens with two attached hydrogens (primary N) is 1. The van der Waals surface area contributed by atoms with Crippen LogP contribution in [0.1, 0.15) is 40.4 Å². The molecular formula is C19H22N2O. The van der Waals surface area contributed by atoms with Crippen LogP contribution in [0.2, 0.25) is 0 Å². The zero-order valence-electron chi connectivity index (χ0n) is 13.2. The Balaban J connectivity index is 2.33. The van der Waals surface area contributed by atoms with Gasteiger partial charge in [0.2, 0.25) is 0 Å². The minimum atomic E-state index is -0.210. The number of benzene rings is 2. The molecule has 114 valence electrons. The molecule has 0 aromatic heterocycles. The molecule has 0 radical (unpaired) electrons. The van der Waals surface area contributed by atoms with Gasteiger partial charge >= 0.3 is 0 Å². The van der Waals surface area contributed by atoms with Gasteiger partial charge in [0, 0.05) is 5.56 Å². The van der Waals surface area contributed by atoms with Crippen LogP contribution in [0.4, 0.5) is 5.69 Å². The van der Waals surface area contributed by atoms with Crippen LogP contribution in [0.3, 0.4) is 0 Å². The summed E-state index contributed by atoms with van der Waals surface area (Å²) in [5.41, 5.74) is 4.49.